The van der Waals surface area contributed by atoms with E-state index in [9.17, 15) is 0 Å². The Bertz CT molecular complexity index is 4940. The maximum atomic E-state index is 7.93. The van der Waals surface area contributed by atoms with Crippen LogP contribution in [-0.2, 0) is 66.6 Å². The Morgan fingerprint density at radius 1 is 0.356 bits per heavy atom. The minimum atomic E-state index is -0.505. The first-order valence-electron chi connectivity index (χ1n) is 35.6. The largest absolute Gasteiger partial charge is 0.347 e. The first-order chi connectivity index (χ1) is 49.2. The maximum absolute atomic E-state index is 7.93. The van der Waals surface area contributed by atoms with E-state index in [4.69, 9.17) is 23.2 Å². The number of benzene rings is 12. The smallest absolute Gasteiger partial charge is 0.209 e. The molecular formula is C95H84Cl2N4+2. The molecule has 4 nitrogen and oxygen atoms in total. The molecule has 0 spiro atoms. The van der Waals surface area contributed by atoms with Crippen molar-refractivity contribution in [3.8, 4) is 0 Å². The molecule has 2 atom stereocenters. The molecule has 0 amide bonds. The van der Waals surface area contributed by atoms with Crippen LogP contribution in [-0.4, -0.2) is 48.8 Å². The summed E-state index contributed by atoms with van der Waals surface area (Å²) in [6.45, 7) is 4.89. The van der Waals surface area contributed by atoms with Gasteiger partial charge in [0.25, 0.3) is 0 Å². The van der Waals surface area contributed by atoms with Crippen molar-refractivity contribution in [2.45, 2.75) is 80.5 Å². The summed E-state index contributed by atoms with van der Waals surface area (Å²) in [7, 11) is 9.01. The molecule has 12 aromatic rings. The molecular weight excluding hydrogens is 1270 g/mol. The molecule has 2 unspecified atom stereocenters. The standard InChI is InChI=1S/C95H84Cl2N4/c1-92(60-66-31-13-7-14-32-66)86(98(3)82-53-51-72-43-25-27-45-76(72)90(82)92)47-29-49-88-94(62-68-35-17-9-18-36-68,63-69-37-19-10-20-38-69)78-58-80(96)74(56-84(78)100(88)5)55-75-57-85-79(59-81(75)97)95(64-70-39-21-11-22-40-70,65-71-41-23-12-24-42-71)89(101(85)6)50-30-48-87-93(2,61-67-33-15-8-16-34-67)91-77-46-28-26-44-73(77)52-54-83(91)99(87)4/h7-54,56-59H,55,60-65H2,1-6H3/q+2. The molecule has 0 aliphatic carbocycles. The van der Waals surface area contributed by atoms with Gasteiger partial charge in [0.1, 0.15) is 14.1 Å². The Morgan fingerprint density at radius 3 is 0.980 bits per heavy atom. The molecule has 0 N–H and O–H groups in total. The summed E-state index contributed by atoms with van der Waals surface area (Å²) >= 11 is 15.9. The molecule has 101 heavy (non-hydrogen) atoms. The van der Waals surface area contributed by atoms with Crippen LogP contribution in [0.1, 0.15) is 80.6 Å². The molecule has 4 heterocycles. The minimum Gasteiger partial charge on any atom is -0.347 e. The van der Waals surface area contributed by atoms with Crippen LogP contribution in [0.5, 0.6) is 0 Å². The van der Waals surface area contributed by atoms with E-state index in [2.05, 4.69) is 376 Å². The number of halogens is 2. The highest BCUT2D eigenvalue weighted by Crippen LogP contribution is 2.55. The molecule has 496 valence electrons. The van der Waals surface area contributed by atoms with Gasteiger partial charge in [-0.25, -0.2) is 0 Å². The Kier molecular flexibility index (Phi) is 17.2. The molecule has 12 aromatic carbocycles. The van der Waals surface area contributed by atoms with Gasteiger partial charge in [-0.1, -0.05) is 278 Å². The number of fused-ring (bicyclic) bond motifs is 8. The Morgan fingerprint density at radius 2 is 0.653 bits per heavy atom. The molecule has 0 saturated carbocycles. The second kappa shape index (κ2) is 26.6. The molecule has 0 aromatic heterocycles. The van der Waals surface area contributed by atoms with E-state index in [1.165, 1.54) is 111 Å². The maximum Gasteiger partial charge on any atom is 0.209 e. The molecule has 0 bridgehead atoms. The fourth-order valence-corrected chi connectivity index (χ4v) is 18.7. The average molecular weight is 1350 g/mol. The van der Waals surface area contributed by atoms with Gasteiger partial charge in [-0.2, -0.15) is 9.15 Å². The van der Waals surface area contributed by atoms with Crippen molar-refractivity contribution in [2.75, 3.05) is 38.0 Å². The van der Waals surface area contributed by atoms with Crippen molar-refractivity contribution < 1.29 is 9.15 Å². The second-order valence-electron chi connectivity index (χ2n) is 29.1. The van der Waals surface area contributed by atoms with Gasteiger partial charge in [-0.3, -0.25) is 0 Å². The highest BCUT2D eigenvalue weighted by molar-refractivity contribution is 6.32. The predicted molar refractivity (Wildman–Crippen MR) is 425 cm³/mol. The number of nitrogens with zero attached hydrogens (tertiary/aromatic N) is 4. The van der Waals surface area contributed by atoms with E-state index in [0.29, 0.717) is 6.42 Å². The first kappa shape index (κ1) is 65.3. The molecule has 16 rings (SSSR count). The topological polar surface area (TPSA) is 12.5 Å². The van der Waals surface area contributed by atoms with Gasteiger partial charge in [0.2, 0.25) is 11.4 Å². The summed E-state index contributed by atoms with van der Waals surface area (Å²) in [5.74, 6) is 0. The summed E-state index contributed by atoms with van der Waals surface area (Å²) in [4.78, 5) is 4.86. The van der Waals surface area contributed by atoms with Crippen LogP contribution < -0.4 is 9.80 Å². The van der Waals surface area contributed by atoms with E-state index in [-0.39, 0.29) is 10.8 Å². The van der Waals surface area contributed by atoms with Crippen molar-refractivity contribution in [1.29, 1.82) is 0 Å². The summed E-state index contributed by atoms with van der Waals surface area (Å²) in [6, 6.07) is 102. The van der Waals surface area contributed by atoms with Gasteiger partial charge in [0.05, 0.1) is 10.8 Å². The van der Waals surface area contributed by atoms with Crippen LogP contribution in [0.4, 0.5) is 22.7 Å². The van der Waals surface area contributed by atoms with E-state index < -0.39 is 10.8 Å². The molecule has 0 fully saturated rings. The van der Waals surface area contributed by atoms with Crippen molar-refractivity contribution in [1.82, 2.24) is 0 Å². The Balaban J connectivity index is 0.822. The quantitative estimate of drug-likeness (QED) is 0.0794. The van der Waals surface area contributed by atoms with Crippen LogP contribution in [0.25, 0.3) is 21.5 Å². The first-order valence-corrected chi connectivity index (χ1v) is 36.4. The monoisotopic (exact) mass is 1350 g/mol. The third-order valence-electron chi connectivity index (χ3n) is 22.9. The average Bonchev–Trinajstić information content (AvgIpc) is 1.59. The third-order valence-corrected chi connectivity index (χ3v) is 23.6. The predicted octanol–water partition coefficient (Wildman–Crippen LogP) is 22.0. The lowest BCUT2D eigenvalue weighted by atomic mass is 9.68. The molecule has 4 aliphatic heterocycles. The summed E-state index contributed by atoms with van der Waals surface area (Å²) < 4.78 is 4.91. The van der Waals surface area contributed by atoms with Crippen LogP contribution in [0, 0.1) is 0 Å². The van der Waals surface area contributed by atoms with Gasteiger partial charge < -0.3 is 9.80 Å². The van der Waals surface area contributed by atoms with Crippen LogP contribution in [0.15, 0.2) is 327 Å². The van der Waals surface area contributed by atoms with E-state index in [1.54, 1.807) is 0 Å². The Labute approximate surface area is 606 Å². The number of likely N-dealkylation sites (N-methyl/N-ethyl adjacent to an activating group) is 2. The normalized spacial score (nSPS) is 18.9. The molecule has 6 heteroatoms. The zero-order chi connectivity index (χ0) is 69.0. The number of allylic oxidation sites excluding steroid dienone is 8. The SMILES string of the molecule is CN1/C(=C/C=C/C2=[N+](C)c3cc(Cc4cc5c(cc4Cl)C(Cc4ccccc4)(Cc4ccccc4)C(/C=C/C=C4/N(C)c6ccc7ccccc7c6C4(C)Cc4ccccc4)=[N+]5C)c(Cl)cc3C2(Cc2ccccc2)Cc2ccccc2)C(C)(Cc2ccccc2)c2c1ccc1ccccc21. The van der Waals surface area contributed by atoms with Crippen LogP contribution >= 0.6 is 23.2 Å². The highest BCUT2D eigenvalue weighted by Gasteiger charge is 2.53. The van der Waals surface area contributed by atoms with Gasteiger partial charge in [0.15, 0.2) is 11.4 Å². The summed E-state index contributed by atoms with van der Waals surface area (Å²) in [6.07, 6.45) is 19.6. The fraction of sp³-hybridized carbons (Fsp3) is 0.179. The molecule has 0 radical (unpaired) electrons. The number of anilines is 2. The van der Waals surface area contributed by atoms with Crippen molar-refractivity contribution in [3.63, 3.8) is 0 Å². The third kappa shape index (κ3) is 11.6. The summed E-state index contributed by atoms with van der Waals surface area (Å²) in [5, 5.41) is 6.57. The highest BCUT2D eigenvalue weighted by atomic mass is 35.5. The number of rotatable bonds is 18. The van der Waals surface area contributed by atoms with Gasteiger partial charge >= 0.3 is 0 Å². The van der Waals surface area contributed by atoms with Crippen LogP contribution in [0.2, 0.25) is 10.0 Å². The lowest BCUT2D eigenvalue weighted by Crippen LogP contribution is -2.39. The Hall–Kier alpha value is -10.4. The van der Waals surface area contributed by atoms with Gasteiger partial charge in [-0.15, -0.1) is 0 Å². The van der Waals surface area contributed by atoms with E-state index >= 15 is 0 Å². The zero-order valence-corrected chi connectivity index (χ0v) is 60.0. The van der Waals surface area contributed by atoms with Gasteiger partial charge in [-0.05, 0) is 166 Å². The number of hydrogen-bond acceptors (Lipinski definition) is 2. The fourth-order valence-electron chi connectivity index (χ4n) is 18.3. The number of hydrogen-bond donors (Lipinski definition) is 0. The molecule has 4 aliphatic rings. The lowest BCUT2D eigenvalue weighted by Gasteiger charge is -2.30. The zero-order valence-electron chi connectivity index (χ0n) is 58.5. The van der Waals surface area contributed by atoms with E-state index in [1.807, 2.05) is 0 Å². The van der Waals surface area contributed by atoms with Crippen LogP contribution in [0.3, 0.4) is 0 Å². The van der Waals surface area contributed by atoms with Gasteiger partial charge in [0, 0.05) is 99.6 Å². The van der Waals surface area contributed by atoms with Crippen molar-refractivity contribution >= 4 is 78.9 Å². The van der Waals surface area contributed by atoms with E-state index in [0.717, 1.165) is 71.1 Å². The summed E-state index contributed by atoms with van der Waals surface area (Å²) in [5.41, 5.74) is 23.0. The minimum absolute atomic E-state index is 0.325. The van der Waals surface area contributed by atoms with Crippen molar-refractivity contribution in [3.05, 3.63) is 404 Å². The lowest BCUT2D eigenvalue weighted by molar-refractivity contribution is -0.401. The second-order valence-corrected chi connectivity index (χ2v) is 29.9. The van der Waals surface area contributed by atoms with Crippen molar-refractivity contribution in [2.24, 2.45) is 0 Å². The molecule has 0 saturated heterocycles.